The zero-order chi connectivity index (χ0) is 11.0. The van der Waals surface area contributed by atoms with Crippen LogP contribution in [0.1, 0.15) is 38.2 Å². The minimum Gasteiger partial charge on any atom is -0.313 e. The van der Waals surface area contributed by atoms with Crippen molar-refractivity contribution in [2.75, 3.05) is 6.54 Å². The SMILES string of the molecule is CC(Cc1ccsc1)NCC1(C2CC2)CC1. The largest absolute Gasteiger partial charge is 0.313 e. The minimum atomic E-state index is 0.630. The van der Waals surface area contributed by atoms with Crippen LogP contribution < -0.4 is 5.32 Å². The molecular weight excluding hydrogens is 214 g/mol. The second kappa shape index (κ2) is 4.15. The van der Waals surface area contributed by atoms with Crippen LogP contribution >= 0.6 is 11.3 Å². The van der Waals surface area contributed by atoms with Crippen LogP contribution in [0.4, 0.5) is 0 Å². The average molecular weight is 235 g/mol. The Bertz CT molecular complexity index is 336. The molecule has 1 aromatic heterocycles. The molecule has 1 heterocycles. The van der Waals surface area contributed by atoms with Gasteiger partial charge in [-0.1, -0.05) is 0 Å². The molecule has 3 rings (SSSR count). The van der Waals surface area contributed by atoms with Crippen LogP contribution in [0.15, 0.2) is 16.8 Å². The first-order chi connectivity index (χ1) is 7.78. The van der Waals surface area contributed by atoms with Crippen LogP contribution in [0.25, 0.3) is 0 Å². The molecule has 0 aromatic carbocycles. The van der Waals surface area contributed by atoms with E-state index in [1.54, 1.807) is 11.3 Å². The lowest BCUT2D eigenvalue weighted by Crippen LogP contribution is -2.34. The van der Waals surface area contributed by atoms with Gasteiger partial charge >= 0.3 is 0 Å². The molecule has 1 aromatic rings. The number of nitrogens with one attached hydrogen (secondary N) is 1. The predicted molar refractivity (Wildman–Crippen MR) is 69.9 cm³/mol. The van der Waals surface area contributed by atoms with Crippen molar-refractivity contribution >= 4 is 11.3 Å². The van der Waals surface area contributed by atoms with Crippen molar-refractivity contribution in [3.8, 4) is 0 Å². The Labute approximate surface area is 102 Å². The van der Waals surface area contributed by atoms with Crippen molar-refractivity contribution in [3.05, 3.63) is 22.4 Å². The third kappa shape index (κ3) is 2.33. The molecule has 88 valence electrons. The lowest BCUT2D eigenvalue weighted by Gasteiger charge is -2.19. The van der Waals surface area contributed by atoms with Crippen molar-refractivity contribution in [1.82, 2.24) is 5.32 Å². The van der Waals surface area contributed by atoms with E-state index in [0.717, 1.165) is 11.3 Å². The van der Waals surface area contributed by atoms with Gasteiger partial charge in [-0.05, 0) is 72.8 Å². The van der Waals surface area contributed by atoms with Crippen molar-refractivity contribution in [2.45, 2.75) is 45.1 Å². The Morgan fingerprint density at radius 3 is 2.88 bits per heavy atom. The van der Waals surface area contributed by atoms with E-state index in [-0.39, 0.29) is 0 Å². The second-order valence-electron chi connectivity index (χ2n) is 5.75. The first kappa shape index (κ1) is 10.8. The molecule has 1 atom stereocenters. The maximum atomic E-state index is 3.75. The molecule has 0 amide bonds. The van der Waals surface area contributed by atoms with Gasteiger partial charge in [-0.25, -0.2) is 0 Å². The fourth-order valence-electron chi connectivity index (χ4n) is 2.80. The molecule has 16 heavy (non-hydrogen) atoms. The summed E-state index contributed by atoms with van der Waals surface area (Å²) in [4.78, 5) is 0. The molecule has 2 fully saturated rings. The first-order valence-electron chi connectivity index (χ1n) is 6.53. The molecule has 1 unspecified atom stereocenters. The maximum Gasteiger partial charge on any atom is 0.00796 e. The van der Waals surface area contributed by atoms with Gasteiger partial charge in [0.05, 0.1) is 0 Å². The zero-order valence-corrected chi connectivity index (χ0v) is 10.9. The molecule has 0 saturated heterocycles. The van der Waals surface area contributed by atoms with Crippen LogP contribution in [-0.4, -0.2) is 12.6 Å². The average Bonchev–Trinajstić information content (AvgIpc) is 3.16. The van der Waals surface area contributed by atoms with Gasteiger partial charge in [-0.15, -0.1) is 0 Å². The Kier molecular flexibility index (Phi) is 2.80. The van der Waals surface area contributed by atoms with Crippen molar-refractivity contribution in [3.63, 3.8) is 0 Å². The van der Waals surface area contributed by atoms with Crippen LogP contribution in [-0.2, 0) is 6.42 Å². The van der Waals surface area contributed by atoms with E-state index in [2.05, 4.69) is 29.1 Å². The highest BCUT2D eigenvalue weighted by Crippen LogP contribution is 2.60. The molecule has 0 spiro atoms. The molecule has 1 N–H and O–H groups in total. The van der Waals surface area contributed by atoms with E-state index in [9.17, 15) is 0 Å². The molecule has 0 bridgehead atoms. The highest BCUT2D eigenvalue weighted by atomic mass is 32.1. The molecule has 0 aliphatic heterocycles. The third-order valence-corrected chi connectivity index (χ3v) is 4.99. The fraction of sp³-hybridized carbons (Fsp3) is 0.714. The van der Waals surface area contributed by atoms with Gasteiger partial charge in [-0.2, -0.15) is 11.3 Å². The summed E-state index contributed by atoms with van der Waals surface area (Å²) in [6.45, 7) is 3.59. The Morgan fingerprint density at radius 2 is 2.31 bits per heavy atom. The van der Waals surface area contributed by atoms with Crippen LogP contribution in [0, 0.1) is 11.3 Å². The van der Waals surface area contributed by atoms with Crippen LogP contribution in [0.2, 0.25) is 0 Å². The number of hydrogen-bond donors (Lipinski definition) is 1. The Hall–Kier alpha value is -0.340. The quantitative estimate of drug-likeness (QED) is 0.796. The number of thiophene rings is 1. The van der Waals surface area contributed by atoms with Crippen molar-refractivity contribution < 1.29 is 0 Å². The monoisotopic (exact) mass is 235 g/mol. The predicted octanol–water partition coefficient (Wildman–Crippen LogP) is 3.46. The van der Waals surface area contributed by atoms with Gasteiger partial charge in [-0.3, -0.25) is 0 Å². The Morgan fingerprint density at radius 1 is 1.50 bits per heavy atom. The molecule has 2 heteroatoms. The van der Waals surface area contributed by atoms with Crippen LogP contribution in [0.3, 0.4) is 0 Å². The van der Waals surface area contributed by atoms with Gasteiger partial charge < -0.3 is 5.32 Å². The zero-order valence-electron chi connectivity index (χ0n) is 10.0. The molecule has 2 aliphatic rings. The van der Waals surface area contributed by atoms with E-state index < -0.39 is 0 Å². The smallest absolute Gasteiger partial charge is 0.00796 e. The van der Waals surface area contributed by atoms with E-state index in [0.29, 0.717) is 6.04 Å². The van der Waals surface area contributed by atoms with Gasteiger partial charge in [0.25, 0.3) is 0 Å². The standard InChI is InChI=1S/C14H21NS/c1-11(8-12-4-7-16-9-12)15-10-14(5-6-14)13-2-3-13/h4,7,9,11,13,15H,2-3,5-6,8,10H2,1H3. The molecule has 2 saturated carbocycles. The van der Waals surface area contributed by atoms with Gasteiger partial charge in [0.2, 0.25) is 0 Å². The van der Waals surface area contributed by atoms with Crippen molar-refractivity contribution in [1.29, 1.82) is 0 Å². The van der Waals surface area contributed by atoms with Gasteiger partial charge in [0.1, 0.15) is 0 Å². The van der Waals surface area contributed by atoms with Crippen molar-refractivity contribution in [2.24, 2.45) is 11.3 Å². The summed E-state index contributed by atoms with van der Waals surface area (Å²) in [6, 6.07) is 2.88. The maximum absolute atomic E-state index is 3.75. The number of rotatable bonds is 6. The van der Waals surface area contributed by atoms with E-state index >= 15 is 0 Å². The lowest BCUT2D eigenvalue weighted by molar-refractivity contribution is 0.378. The fourth-order valence-corrected chi connectivity index (χ4v) is 3.48. The third-order valence-electron chi connectivity index (χ3n) is 4.26. The lowest BCUT2D eigenvalue weighted by atomic mass is 10.00. The highest BCUT2D eigenvalue weighted by Gasteiger charge is 2.53. The number of hydrogen-bond acceptors (Lipinski definition) is 2. The van der Waals surface area contributed by atoms with E-state index in [1.165, 1.54) is 44.2 Å². The normalized spacial score (nSPS) is 24.3. The summed E-state index contributed by atoms with van der Waals surface area (Å²) >= 11 is 1.80. The van der Waals surface area contributed by atoms with Crippen LogP contribution in [0.5, 0.6) is 0 Å². The Balaban J connectivity index is 1.44. The summed E-state index contributed by atoms with van der Waals surface area (Å²) < 4.78 is 0. The van der Waals surface area contributed by atoms with E-state index in [1.807, 2.05) is 0 Å². The summed E-state index contributed by atoms with van der Waals surface area (Å²) in [7, 11) is 0. The molecule has 0 radical (unpaired) electrons. The molecule has 2 aliphatic carbocycles. The topological polar surface area (TPSA) is 12.0 Å². The minimum absolute atomic E-state index is 0.630. The van der Waals surface area contributed by atoms with Gasteiger partial charge in [0, 0.05) is 12.6 Å². The van der Waals surface area contributed by atoms with E-state index in [4.69, 9.17) is 0 Å². The summed E-state index contributed by atoms with van der Waals surface area (Å²) in [5, 5.41) is 8.19. The van der Waals surface area contributed by atoms with Gasteiger partial charge in [0.15, 0.2) is 0 Å². The summed E-state index contributed by atoms with van der Waals surface area (Å²) in [6.07, 6.45) is 7.15. The summed E-state index contributed by atoms with van der Waals surface area (Å²) in [5.41, 5.74) is 2.23. The molecular formula is C14H21NS. The first-order valence-corrected chi connectivity index (χ1v) is 7.47. The second-order valence-corrected chi connectivity index (χ2v) is 6.53. The summed E-state index contributed by atoms with van der Waals surface area (Å²) in [5.74, 6) is 1.08. The highest BCUT2D eigenvalue weighted by molar-refractivity contribution is 7.07. The molecule has 1 nitrogen and oxygen atoms in total.